The molecule has 2 aromatic rings. The zero-order valence-corrected chi connectivity index (χ0v) is 19.4. The minimum atomic E-state index is 0.0597. The molecule has 0 aliphatic heterocycles. The fraction of sp³-hybridized carbons (Fsp3) is 0.500. The van der Waals surface area contributed by atoms with Crippen molar-refractivity contribution in [2.45, 2.75) is 51.5 Å². The molecule has 4 bridgehead atoms. The molecule has 4 aliphatic rings. The van der Waals surface area contributed by atoms with Crippen LogP contribution in [0.25, 0.3) is 11.3 Å². The Balaban J connectivity index is 1.12. The van der Waals surface area contributed by atoms with E-state index < -0.39 is 0 Å². The van der Waals surface area contributed by atoms with Gasteiger partial charge >= 0.3 is 0 Å². The highest BCUT2D eigenvalue weighted by Crippen LogP contribution is 2.61. The monoisotopic (exact) mass is 486 g/mol. The number of nitrogens with one attached hydrogen (secondary N) is 2. The first-order chi connectivity index (χ1) is 14.5. The molecule has 0 saturated heterocycles. The van der Waals surface area contributed by atoms with Crippen LogP contribution in [0.5, 0.6) is 0 Å². The highest BCUT2D eigenvalue weighted by atomic mass is 79.9. The van der Waals surface area contributed by atoms with E-state index in [0.29, 0.717) is 18.1 Å². The van der Waals surface area contributed by atoms with Crippen LogP contribution in [0.4, 0.5) is 0 Å². The fourth-order valence-corrected chi connectivity index (χ4v) is 6.92. The Bertz CT molecular complexity index is 917. The van der Waals surface area contributed by atoms with Crippen molar-refractivity contribution >= 4 is 39.2 Å². The summed E-state index contributed by atoms with van der Waals surface area (Å²) in [7, 11) is 0. The van der Waals surface area contributed by atoms with Crippen LogP contribution in [0.2, 0.25) is 0 Å². The number of furan rings is 1. The summed E-state index contributed by atoms with van der Waals surface area (Å²) in [5.74, 6) is 4.22. The molecule has 0 unspecified atom stereocenters. The van der Waals surface area contributed by atoms with Crippen molar-refractivity contribution in [3.8, 4) is 11.3 Å². The molecule has 30 heavy (non-hydrogen) atoms. The van der Waals surface area contributed by atoms with Gasteiger partial charge in [0.25, 0.3) is 0 Å². The molecule has 1 heterocycles. The van der Waals surface area contributed by atoms with Crippen LogP contribution < -0.4 is 10.6 Å². The van der Waals surface area contributed by atoms with Crippen molar-refractivity contribution in [1.82, 2.24) is 10.6 Å². The lowest BCUT2D eigenvalue weighted by molar-refractivity contribution is -0.128. The van der Waals surface area contributed by atoms with Crippen LogP contribution in [0.1, 0.15) is 50.7 Å². The van der Waals surface area contributed by atoms with Gasteiger partial charge in [0.1, 0.15) is 11.5 Å². The SMILES string of the molecule is O=C(CC12CC3CC(CC(C3)C1)C2)NC(=S)NCc1ccc(-c2ccc(Br)cc2)o1. The molecule has 1 aromatic heterocycles. The van der Waals surface area contributed by atoms with Crippen molar-refractivity contribution in [3.63, 3.8) is 0 Å². The highest BCUT2D eigenvalue weighted by Gasteiger charge is 2.51. The minimum Gasteiger partial charge on any atom is -0.459 e. The maximum Gasteiger partial charge on any atom is 0.226 e. The van der Waals surface area contributed by atoms with Gasteiger partial charge in [-0.25, -0.2) is 0 Å². The van der Waals surface area contributed by atoms with Gasteiger partial charge in [0, 0.05) is 16.5 Å². The predicted octanol–water partition coefficient (Wildman–Crippen LogP) is 5.81. The molecular formula is C24H27BrN2O2S. The molecule has 6 heteroatoms. The van der Waals surface area contributed by atoms with Gasteiger partial charge < -0.3 is 15.1 Å². The van der Waals surface area contributed by atoms with Gasteiger partial charge in [0.2, 0.25) is 5.91 Å². The Morgan fingerprint density at radius 3 is 2.30 bits per heavy atom. The smallest absolute Gasteiger partial charge is 0.226 e. The maximum atomic E-state index is 12.7. The number of hydrogen-bond acceptors (Lipinski definition) is 3. The second-order valence-electron chi connectivity index (χ2n) is 9.60. The van der Waals surface area contributed by atoms with Gasteiger partial charge in [-0.3, -0.25) is 4.79 Å². The molecule has 1 amide bonds. The third-order valence-electron chi connectivity index (χ3n) is 7.17. The van der Waals surface area contributed by atoms with Crippen LogP contribution in [-0.2, 0) is 11.3 Å². The number of halogens is 1. The zero-order chi connectivity index (χ0) is 20.7. The fourth-order valence-electron chi connectivity index (χ4n) is 6.47. The summed E-state index contributed by atoms with van der Waals surface area (Å²) in [4.78, 5) is 12.7. The molecule has 4 aliphatic carbocycles. The summed E-state index contributed by atoms with van der Waals surface area (Å²) >= 11 is 8.81. The average Bonchev–Trinajstić information content (AvgIpc) is 3.14. The van der Waals surface area contributed by atoms with E-state index in [2.05, 4.69) is 26.6 Å². The Labute approximate surface area is 191 Å². The van der Waals surface area contributed by atoms with E-state index in [9.17, 15) is 4.79 Å². The molecule has 2 N–H and O–H groups in total. The van der Waals surface area contributed by atoms with Crippen molar-refractivity contribution in [2.75, 3.05) is 0 Å². The molecule has 4 saturated carbocycles. The van der Waals surface area contributed by atoms with Gasteiger partial charge in [0.15, 0.2) is 5.11 Å². The molecular weight excluding hydrogens is 460 g/mol. The lowest BCUT2D eigenvalue weighted by Gasteiger charge is -2.56. The zero-order valence-electron chi connectivity index (χ0n) is 17.0. The Hall–Kier alpha value is -1.66. The van der Waals surface area contributed by atoms with E-state index in [0.717, 1.165) is 39.3 Å². The number of benzene rings is 1. The van der Waals surface area contributed by atoms with Crippen LogP contribution >= 0.6 is 28.1 Å². The standard InChI is InChI=1S/C24H27BrN2O2S/c25-19-3-1-18(2-4-19)21-6-5-20(29-21)14-26-23(30)27-22(28)13-24-10-15-7-16(11-24)9-17(8-15)12-24/h1-6,15-17H,7-14H2,(H2,26,27,28,30). The average molecular weight is 487 g/mol. The first-order valence-corrected chi connectivity index (χ1v) is 12.1. The normalized spacial score (nSPS) is 29.0. The van der Waals surface area contributed by atoms with E-state index >= 15 is 0 Å². The van der Waals surface area contributed by atoms with Crippen LogP contribution in [0.3, 0.4) is 0 Å². The lowest BCUT2D eigenvalue weighted by atomic mass is 9.49. The van der Waals surface area contributed by atoms with Crippen LogP contribution in [-0.4, -0.2) is 11.0 Å². The molecule has 4 nitrogen and oxygen atoms in total. The summed E-state index contributed by atoms with van der Waals surface area (Å²) in [6.07, 6.45) is 8.50. The quantitative estimate of drug-likeness (QED) is 0.523. The minimum absolute atomic E-state index is 0.0597. The summed E-state index contributed by atoms with van der Waals surface area (Å²) in [6, 6.07) is 11.9. The van der Waals surface area contributed by atoms with E-state index in [-0.39, 0.29) is 11.3 Å². The van der Waals surface area contributed by atoms with Crippen LogP contribution in [0.15, 0.2) is 45.3 Å². The number of amides is 1. The van der Waals surface area contributed by atoms with Gasteiger partial charge in [-0.2, -0.15) is 0 Å². The van der Waals surface area contributed by atoms with E-state index in [4.69, 9.17) is 16.6 Å². The van der Waals surface area contributed by atoms with E-state index in [1.54, 1.807) is 0 Å². The molecule has 6 rings (SSSR count). The maximum absolute atomic E-state index is 12.7. The molecule has 0 atom stereocenters. The van der Waals surface area contributed by atoms with Gasteiger partial charge in [-0.15, -0.1) is 0 Å². The lowest BCUT2D eigenvalue weighted by Crippen LogP contribution is -2.49. The Morgan fingerprint density at radius 2 is 1.67 bits per heavy atom. The number of carbonyl (C=O) groups excluding carboxylic acids is 1. The number of thiocarbonyl (C=S) groups is 1. The number of hydrogen-bond donors (Lipinski definition) is 2. The Morgan fingerprint density at radius 1 is 1.03 bits per heavy atom. The van der Waals surface area contributed by atoms with Crippen molar-refractivity contribution in [1.29, 1.82) is 0 Å². The highest BCUT2D eigenvalue weighted by molar-refractivity contribution is 9.10. The summed E-state index contributed by atoms with van der Waals surface area (Å²) < 4.78 is 6.94. The van der Waals surface area contributed by atoms with Gasteiger partial charge in [-0.05, 0) is 98.2 Å². The second kappa shape index (κ2) is 8.12. The van der Waals surface area contributed by atoms with E-state index in [1.807, 2.05) is 36.4 Å². The topological polar surface area (TPSA) is 54.3 Å². The molecule has 0 radical (unpaired) electrons. The second-order valence-corrected chi connectivity index (χ2v) is 10.9. The molecule has 0 spiro atoms. The molecule has 1 aromatic carbocycles. The largest absolute Gasteiger partial charge is 0.459 e. The Kier molecular flexibility index (Phi) is 5.48. The third kappa shape index (κ3) is 4.35. The number of rotatable bonds is 5. The van der Waals surface area contributed by atoms with Gasteiger partial charge in [0.05, 0.1) is 6.54 Å². The van der Waals surface area contributed by atoms with E-state index in [1.165, 1.54) is 38.5 Å². The van der Waals surface area contributed by atoms with Crippen molar-refractivity contribution < 1.29 is 9.21 Å². The molecule has 4 fully saturated rings. The molecule has 158 valence electrons. The van der Waals surface area contributed by atoms with Gasteiger partial charge in [-0.1, -0.05) is 28.1 Å². The van der Waals surface area contributed by atoms with Crippen LogP contribution in [0, 0.1) is 23.2 Å². The summed E-state index contributed by atoms with van der Waals surface area (Å²) in [5.41, 5.74) is 1.26. The number of carbonyl (C=O) groups is 1. The third-order valence-corrected chi connectivity index (χ3v) is 7.94. The summed E-state index contributed by atoms with van der Waals surface area (Å²) in [5, 5.41) is 6.40. The van der Waals surface area contributed by atoms with Crippen molar-refractivity contribution in [2.24, 2.45) is 23.2 Å². The first kappa shape index (κ1) is 20.3. The summed E-state index contributed by atoms with van der Waals surface area (Å²) in [6.45, 7) is 0.451. The first-order valence-electron chi connectivity index (χ1n) is 10.9. The van der Waals surface area contributed by atoms with Crippen molar-refractivity contribution in [3.05, 3.63) is 46.6 Å². The predicted molar refractivity (Wildman–Crippen MR) is 125 cm³/mol.